The normalized spacial score (nSPS) is 16.9. The van der Waals surface area contributed by atoms with Gasteiger partial charge in [0.2, 0.25) is 11.8 Å². The second-order valence-electron chi connectivity index (χ2n) is 7.22. The van der Waals surface area contributed by atoms with E-state index in [4.69, 9.17) is 9.83 Å². The molecule has 1 saturated carbocycles. The van der Waals surface area contributed by atoms with Gasteiger partial charge in [0.05, 0.1) is 23.9 Å². The third-order valence-corrected chi connectivity index (χ3v) is 5.54. The van der Waals surface area contributed by atoms with Crippen molar-refractivity contribution in [3.63, 3.8) is 0 Å². The van der Waals surface area contributed by atoms with Crippen molar-refractivity contribution in [2.24, 2.45) is 0 Å². The summed E-state index contributed by atoms with van der Waals surface area (Å²) in [7, 11) is 0. The molecule has 5 rings (SSSR count). The van der Waals surface area contributed by atoms with E-state index in [9.17, 15) is 4.79 Å². The lowest BCUT2D eigenvalue weighted by Gasteiger charge is -2.29. The highest BCUT2D eigenvalue weighted by molar-refractivity contribution is 6.12. The van der Waals surface area contributed by atoms with Crippen LogP contribution in [0.1, 0.15) is 24.0 Å². The van der Waals surface area contributed by atoms with Gasteiger partial charge >= 0.3 is 0 Å². The molecule has 2 heterocycles. The van der Waals surface area contributed by atoms with Crippen molar-refractivity contribution in [3.8, 4) is 0 Å². The van der Waals surface area contributed by atoms with E-state index < -0.39 is 5.41 Å². The molecule has 1 aliphatic heterocycles. The first-order valence-electron chi connectivity index (χ1n) is 9.32. The first-order valence-corrected chi connectivity index (χ1v) is 9.32. The largest absolute Gasteiger partial charge is 0.448 e. The van der Waals surface area contributed by atoms with Crippen LogP contribution in [0.2, 0.25) is 0 Å². The molecule has 0 radical (unpaired) electrons. The van der Waals surface area contributed by atoms with Gasteiger partial charge in [-0.2, -0.15) is 0 Å². The van der Waals surface area contributed by atoms with E-state index in [0.29, 0.717) is 18.4 Å². The molecule has 3 aromatic rings. The standard InChI is InChI=1S/C22H20N4O2/c23-19-18-10-13-28-20(18)24-14-26(19)17-8-6-16(7-9-17)25-21(27)22(11-12-22)15-4-2-1-3-5-15/h1-10,13,23-24H,11-12,14H2,(H,25,27). The molecule has 1 fully saturated rings. The van der Waals surface area contributed by atoms with Crippen molar-refractivity contribution < 1.29 is 9.21 Å². The van der Waals surface area contributed by atoms with Crippen molar-refractivity contribution in [1.29, 1.82) is 5.41 Å². The van der Waals surface area contributed by atoms with Crippen LogP contribution in [-0.4, -0.2) is 18.4 Å². The van der Waals surface area contributed by atoms with Crippen molar-refractivity contribution in [3.05, 3.63) is 78.1 Å². The van der Waals surface area contributed by atoms with Crippen molar-refractivity contribution in [1.82, 2.24) is 0 Å². The summed E-state index contributed by atoms with van der Waals surface area (Å²) in [5.74, 6) is 1.06. The monoisotopic (exact) mass is 372 g/mol. The van der Waals surface area contributed by atoms with E-state index in [0.717, 1.165) is 35.3 Å². The van der Waals surface area contributed by atoms with Crippen LogP contribution in [0, 0.1) is 5.41 Å². The SMILES string of the molecule is N=C1c2ccoc2NCN1c1ccc(NC(=O)C2(c3ccccc3)CC2)cc1. The van der Waals surface area contributed by atoms with E-state index >= 15 is 0 Å². The number of nitrogens with zero attached hydrogens (tertiary/aromatic N) is 1. The van der Waals surface area contributed by atoms with Crippen molar-refractivity contribution in [2.75, 3.05) is 22.2 Å². The number of benzene rings is 2. The lowest BCUT2D eigenvalue weighted by Crippen LogP contribution is -2.39. The van der Waals surface area contributed by atoms with Gasteiger partial charge in [0, 0.05) is 11.4 Å². The van der Waals surface area contributed by atoms with Crippen LogP contribution < -0.4 is 15.5 Å². The minimum absolute atomic E-state index is 0.0434. The fraction of sp³-hybridized carbons (Fsp3) is 0.182. The number of anilines is 3. The Morgan fingerprint density at radius 1 is 1.07 bits per heavy atom. The van der Waals surface area contributed by atoms with Crippen LogP contribution in [-0.2, 0) is 10.2 Å². The maximum absolute atomic E-state index is 12.9. The Bertz CT molecular complexity index is 1040. The first-order chi connectivity index (χ1) is 13.7. The summed E-state index contributed by atoms with van der Waals surface area (Å²) < 4.78 is 5.32. The van der Waals surface area contributed by atoms with Crippen molar-refractivity contribution in [2.45, 2.75) is 18.3 Å². The number of nitrogens with one attached hydrogen (secondary N) is 3. The molecular formula is C22H20N4O2. The molecule has 6 heteroatoms. The molecular weight excluding hydrogens is 352 g/mol. The van der Waals surface area contributed by atoms with Gasteiger partial charge in [0.25, 0.3) is 0 Å². The van der Waals surface area contributed by atoms with E-state index in [-0.39, 0.29) is 5.91 Å². The highest BCUT2D eigenvalue weighted by Gasteiger charge is 2.51. The summed E-state index contributed by atoms with van der Waals surface area (Å²) in [6.07, 6.45) is 3.34. The Kier molecular flexibility index (Phi) is 3.72. The van der Waals surface area contributed by atoms with Crippen LogP contribution >= 0.6 is 0 Å². The van der Waals surface area contributed by atoms with Gasteiger partial charge in [-0.05, 0) is 48.7 Å². The van der Waals surface area contributed by atoms with Crippen LogP contribution in [0.4, 0.5) is 17.3 Å². The Labute approximate surface area is 162 Å². The molecule has 0 atom stereocenters. The number of fused-ring (bicyclic) bond motifs is 1. The number of amidine groups is 1. The molecule has 28 heavy (non-hydrogen) atoms. The Morgan fingerprint density at radius 2 is 1.82 bits per heavy atom. The molecule has 6 nitrogen and oxygen atoms in total. The van der Waals surface area contributed by atoms with Gasteiger partial charge in [-0.25, -0.2) is 0 Å². The number of hydrogen-bond acceptors (Lipinski definition) is 4. The molecule has 0 spiro atoms. The lowest BCUT2D eigenvalue weighted by atomic mass is 9.95. The maximum atomic E-state index is 12.9. The molecule has 140 valence electrons. The van der Waals surface area contributed by atoms with Gasteiger partial charge in [-0.15, -0.1) is 0 Å². The topological polar surface area (TPSA) is 81.4 Å². The van der Waals surface area contributed by atoms with Gasteiger partial charge in [0.1, 0.15) is 5.84 Å². The minimum atomic E-state index is -0.392. The van der Waals surface area contributed by atoms with Crippen LogP contribution in [0.15, 0.2) is 71.3 Å². The summed E-state index contributed by atoms with van der Waals surface area (Å²) in [6, 6.07) is 19.3. The van der Waals surface area contributed by atoms with Gasteiger partial charge in [-0.1, -0.05) is 30.3 Å². The molecule has 3 N–H and O–H groups in total. The quantitative estimate of drug-likeness (QED) is 0.642. The predicted molar refractivity (Wildman–Crippen MR) is 109 cm³/mol. The molecule has 1 aliphatic carbocycles. The zero-order valence-electron chi connectivity index (χ0n) is 15.2. The Morgan fingerprint density at radius 3 is 2.54 bits per heavy atom. The number of furan rings is 1. The van der Waals surface area contributed by atoms with E-state index in [1.807, 2.05) is 59.5 Å². The minimum Gasteiger partial charge on any atom is -0.448 e. The third-order valence-electron chi connectivity index (χ3n) is 5.54. The van der Waals surface area contributed by atoms with Crippen LogP contribution in [0.5, 0.6) is 0 Å². The molecule has 0 saturated heterocycles. The third kappa shape index (κ3) is 2.65. The average Bonchev–Trinajstić information content (AvgIpc) is 3.41. The predicted octanol–water partition coefficient (Wildman–Crippen LogP) is 4.16. The zero-order chi connectivity index (χ0) is 19.1. The van der Waals surface area contributed by atoms with Gasteiger partial charge in [-0.3, -0.25) is 10.2 Å². The van der Waals surface area contributed by atoms with Gasteiger partial charge < -0.3 is 20.0 Å². The highest BCUT2D eigenvalue weighted by Crippen LogP contribution is 2.49. The fourth-order valence-corrected chi connectivity index (χ4v) is 3.73. The highest BCUT2D eigenvalue weighted by atomic mass is 16.3. The summed E-state index contributed by atoms with van der Waals surface area (Å²) in [5, 5.41) is 14.6. The zero-order valence-corrected chi connectivity index (χ0v) is 15.2. The lowest BCUT2D eigenvalue weighted by molar-refractivity contribution is -0.118. The van der Waals surface area contributed by atoms with E-state index in [2.05, 4.69) is 10.6 Å². The molecule has 0 bridgehead atoms. The summed E-state index contributed by atoms with van der Waals surface area (Å²) >= 11 is 0. The molecule has 1 aromatic heterocycles. The smallest absolute Gasteiger partial charge is 0.235 e. The number of carbonyl (C=O) groups is 1. The number of amides is 1. The molecule has 2 aliphatic rings. The van der Waals surface area contributed by atoms with Crippen LogP contribution in [0.3, 0.4) is 0 Å². The Balaban J connectivity index is 1.31. The maximum Gasteiger partial charge on any atom is 0.235 e. The summed E-state index contributed by atoms with van der Waals surface area (Å²) in [4.78, 5) is 14.7. The first kappa shape index (κ1) is 16.6. The second kappa shape index (κ2) is 6.27. The van der Waals surface area contributed by atoms with Crippen molar-refractivity contribution >= 4 is 29.0 Å². The molecule has 1 amide bonds. The summed E-state index contributed by atoms with van der Waals surface area (Å²) in [6.45, 7) is 0.460. The van der Waals surface area contributed by atoms with Gasteiger partial charge in [0.15, 0.2) is 0 Å². The number of carbonyl (C=O) groups excluding carboxylic acids is 1. The van der Waals surface area contributed by atoms with E-state index in [1.54, 1.807) is 12.3 Å². The number of hydrogen-bond donors (Lipinski definition) is 3. The number of rotatable bonds is 4. The second-order valence-corrected chi connectivity index (χ2v) is 7.22. The summed E-state index contributed by atoms with van der Waals surface area (Å²) in [5.41, 5.74) is 3.06. The molecule has 2 aromatic carbocycles. The molecule has 0 unspecified atom stereocenters. The fourth-order valence-electron chi connectivity index (χ4n) is 3.73. The van der Waals surface area contributed by atoms with Crippen LogP contribution in [0.25, 0.3) is 0 Å². The average molecular weight is 372 g/mol. The Hall–Kier alpha value is -3.54. The van der Waals surface area contributed by atoms with E-state index in [1.165, 1.54) is 0 Å².